The van der Waals surface area contributed by atoms with E-state index in [2.05, 4.69) is 15.5 Å². The van der Waals surface area contributed by atoms with Crippen LogP contribution in [0.2, 0.25) is 0 Å². The molecule has 18 heavy (non-hydrogen) atoms. The zero-order valence-electron chi connectivity index (χ0n) is 10.9. The summed E-state index contributed by atoms with van der Waals surface area (Å²) in [6.07, 6.45) is 5.15. The van der Waals surface area contributed by atoms with Gasteiger partial charge in [-0.05, 0) is 50.1 Å². The van der Waals surface area contributed by atoms with Crippen LogP contribution < -0.4 is 10.6 Å². The van der Waals surface area contributed by atoms with Gasteiger partial charge in [0.05, 0.1) is 6.54 Å². The van der Waals surface area contributed by atoms with Crippen molar-refractivity contribution < 1.29 is 4.79 Å². The number of hydrogen-bond donors (Lipinski definition) is 2. The predicted octanol–water partition coefficient (Wildman–Crippen LogP) is 0.620. The van der Waals surface area contributed by atoms with Gasteiger partial charge in [0.1, 0.15) is 0 Å². The van der Waals surface area contributed by atoms with Crippen LogP contribution in [0.4, 0.5) is 0 Å². The Kier molecular flexibility index (Phi) is 4.51. The Morgan fingerprint density at radius 2 is 2.22 bits per heavy atom. The molecule has 1 atom stereocenters. The van der Waals surface area contributed by atoms with Gasteiger partial charge in [-0.2, -0.15) is 0 Å². The van der Waals surface area contributed by atoms with Gasteiger partial charge in [0, 0.05) is 19.6 Å². The van der Waals surface area contributed by atoms with E-state index in [1.807, 2.05) is 0 Å². The van der Waals surface area contributed by atoms with Crippen LogP contribution in [-0.2, 0) is 4.79 Å². The van der Waals surface area contributed by atoms with E-state index in [1.54, 1.807) is 0 Å². The smallest absolute Gasteiger partial charge is 0.234 e. The fourth-order valence-electron chi connectivity index (χ4n) is 3.15. The minimum atomic E-state index is 0. The molecule has 0 bridgehead atoms. The van der Waals surface area contributed by atoms with Gasteiger partial charge >= 0.3 is 0 Å². The Labute approximate surface area is 115 Å². The van der Waals surface area contributed by atoms with Gasteiger partial charge in [0.15, 0.2) is 0 Å². The van der Waals surface area contributed by atoms with Gasteiger partial charge in [-0.25, -0.2) is 0 Å². The highest BCUT2D eigenvalue weighted by atomic mass is 35.5. The first-order valence-corrected chi connectivity index (χ1v) is 6.96. The lowest BCUT2D eigenvalue weighted by Crippen LogP contribution is -2.38. The lowest BCUT2D eigenvalue weighted by atomic mass is 9.87. The van der Waals surface area contributed by atoms with Gasteiger partial charge in [-0.15, -0.1) is 12.4 Å². The minimum absolute atomic E-state index is 0. The minimum Gasteiger partial charge on any atom is -0.355 e. The van der Waals surface area contributed by atoms with Crippen LogP contribution in [0.1, 0.15) is 25.7 Å². The maximum atomic E-state index is 11.8. The fraction of sp³-hybridized carbons (Fsp3) is 0.923. The summed E-state index contributed by atoms with van der Waals surface area (Å²) in [5, 5.41) is 6.50. The quantitative estimate of drug-likeness (QED) is 0.789. The largest absolute Gasteiger partial charge is 0.355 e. The van der Waals surface area contributed by atoms with E-state index in [-0.39, 0.29) is 18.3 Å². The molecule has 3 rings (SSSR count). The van der Waals surface area contributed by atoms with E-state index in [1.165, 1.54) is 25.7 Å². The predicted molar refractivity (Wildman–Crippen MR) is 74.0 cm³/mol. The number of nitrogens with one attached hydrogen (secondary N) is 2. The van der Waals surface area contributed by atoms with Crippen LogP contribution in [0, 0.1) is 11.3 Å². The first kappa shape index (κ1) is 14.1. The van der Waals surface area contributed by atoms with Crippen molar-refractivity contribution in [1.82, 2.24) is 15.5 Å². The fourth-order valence-corrected chi connectivity index (χ4v) is 3.15. The van der Waals surface area contributed by atoms with E-state index >= 15 is 0 Å². The highest BCUT2D eigenvalue weighted by Gasteiger charge is 2.40. The maximum Gasteiger partial charge on any atom is 0.234 e. The number of hydrogen-bond acceptors (Lipinski definition) is 3. The Morgan fingerprint density at radius 1 is 1.39 bits per heavy atom. The third-order valence-electron chi connectivity index (χ3n) is 4.50. The molecule has 104 valence electrons. The van der Waals surface area contributed by atoms with Crippen molar-refractivity contribution in [1.29, 1.82) is 0 Å². The number of likely N-dealkylation sites (tertiary alicyclic amines) is 1. The number of carbonyl (C=O) groups is 1. The first-order chi connectivity index (χ1) is 8.26. The van der Waals surface area contributed by atoms with Crippen molar-refractivity contribution in [2.24, 2.45) is 11.3 Å². The standard InChI is InChI=1S/C13H23N3O.ClH/c17-12(15-7-11-1-2-11)8-16-6-4-13(10-16)3-5-14-9-13;/h11,14H,1-10H2,(H,15,17);1H. The molecule has 1 amide bonds. The summed E-state index contributed by atoms with van der Waals surface area (Å²) >= 11 is 0. The summed E-state index contributed by atoms with van der Waals surface area (Å²) in [5.74, 6) is 1.00. The highest BCUT2D eigenvalue weighted by molar-refractivity contribution is 5.85. The molecule has 2 heterocycles. The number of halogens is 1. The summed E-state index contributed by atoms with van der Waals surface area (Å²) in [7, 11) is 0. The van der Waals surface area contributed by atoms with Crippen LogP contribution in [-0.4, -0.2) is 50.1 Å². The average Bonchev–Trinajstić information content (AvgIpc) is 2.92. The van der Waals surface area contributed by atoms with Crippen LogP contribution >= 0.6 is 12.4 Å². The number of rotatable bonds is 4. The van der Waals surface area contributed by atoms with Gasteiger partial charge in [0.25, 0.3) is 0 Å². The van der Waals surface area contributed by atoms with Crippen molar-refractivity contribution >= 4 is 18.3 Å². The van der Waals surface area contributed by atoms with Gasteiger partial charge in [-0.3, -0.25) is 9.69 Å². The molecule has 0 aromatic heterocycles. The lowest BCUT2D eigenvalue weighted by molar-refractivity contribution is -0.122. The van der Waals surface area contributed by atoms with Crippen molar-refractivity contribution in [3.63, 3.8) is 0 Å². The second-order valence-corrected chi connectivity index (χ2v) is 6.13. The molecule has 1 spiro atoms. The van der Waals surface area contributed by atoms with Crippen molar-refractivity contribution in [2.45, 2.75) is 25.7 Å². The molecule has 1 aliphatic carbocycles. The van der Waals surface area contributed by atoms with E-state index in [4.69, 9.17) is 0 Å². The zero-order chi connectivity index (χ0) is 11.7. The van der Waals surface area contributed by atoms with Crippen LogP contribution in [0.3, 0.4) is 0 Å². The molecular weight excluding hydrogens is 250 g/mol. The molecule has 3 aliphatic rings. The van der Waals surface area contributed by atoms with Crippen LogP contribution in [0.25, 0.3) is 0 Å². The van der Waals surface area contributed by atoms with Gasteiger partial charge in [-0.1, -0.05) is 0 Å². The summed E-state index contributed by atoms with van der Waals surface area (Å²) in [6, 6.07) is 0. The molecular formula is C13H24ClN3O. The lowest BCUT2D eigenvalue weighted by Gasteiger charge is -2.22. The highest BCUT2D eigenvalue weighted by Crippen LogP contribution is 2.35. The zero-order valence-corrected chi connectivity index (χ0v) is 11.7. The molecule has 2 aliphatic heterocycles. The molecule has 0 radical (unpaired) electrons. The Hall–Kier alpha value is -0.320. The molecule has 4 nitrogen and oxygen atoms in total. The summed E-state index contributed by atoms with van der Waals surface area (Å²) in [5.41, 5.74) is 0.483. The molecule has 2 N–H and O–H groups in total. The Morgan fingerprint density at radius 3 is 2.89 bits per heavy atom. The molecule has 0 aromatic carbocycles. The Bertz CT molecular complexity index is 301. The Balaban J connectivity index is 0.00000120. The molecule has 1 unspecified atom stereocenters. The third-order valence-corrected chi connectivity index (χ3v) is 4.50. The monoisotopic (exact) mass is 273 g/mol. The molecule has 3 fully saturated rings. The number of amides is 1. The first-order valence-electron chi connectivity index (χ1n) is 6.96. The summed E-state index contributed by atoms with van der Waals surface area (Å²) < 4.78 is 0. The van der Waals surface area contributed by atoms with Gasteiger partial charge in [0.2, 0.25) is 5.91 Å². The van der Waals surface area contributed by atoms with E-state index in [9.17, 15) is 4.79 Å². The molecule has 2 saturated heterocycles. The van der Waals surface area contributed by atoms with Crippen molar-refractivity contribution in [3.8, 4) is 0 Å². The SMILES string of the molecule is Cl.O=C(CN1CCC2(CCNC2)C1)NCC1CC1. The second-order valence-electron chi connectivity index (χ2n) is 6.13. The van der Waals surface area contributed by atoms with Crippen LogP contribution in [0.5, 0.6) is 0 Å². The second kappa shape index (κ2) is 5.76. The average molecular weight is 274 g/mol. The van der Waals surface area contributed by atoms with Crippen LogP contribution in [0.15, 0.2) is 0 Å². The third kappa shape index (κ3) is 3.37. The van der Waals surface area contributed by atoms with E-state index in [0.717, 1.165) is 38.6 Å². The molecule has 1 saturated carbocycles. The maximum absolute atomic E-state index is 11.8. The van der Waals surface area contributed by atoms with E-state index < -0.39 is 0 Å². The summed E-state index contributed by atoms with van der Waals surface area (Å²) in [6.45, 7) is 6.01. The molecule has 0 aromatic rings. The van der Waals surface area contributed by atoms with Gasteiger partial charge < -0.3 is 10.6 Å². The van der Waals surface area contributed by atoms with Crippen molar-refractivity contribution in [3.05, 3.63) is 0 Å². The number of carbonyl (C=O) groups excluding carboxylic acids is 1. The number of nitrogens with zero attached hydrogens (tertiary/aromatic N) is 1. The summed E-state index contributed by atoms with van der Waals surface area (Å²) in [4.78, 5) is 14.1. The van der Waals surface area contributed by atoms with E-state index in [0.29, 0.717) is 12.0 Å². The normalized spacial score (nSPS) is 31.6. The van der Waals surface area contributed by atoms with Crippen molar-refractivity contribution in [2.75, 3.05) is 39.3 Å². The topological polar surface area (TPSA) is 44.4 Å². The molecule has 5 heteroatoms.